The zero-order chi connectivity index (χ0) is 20.0. The van der Waals surface area contributed by atoms with Gasteiger partial charge in [-0.2, -0.15) is 5.10 Å². The van der Waals surface area contributed by atoms with Crippen LogP contribution in [0.5, 0.6) is 0 Å². The number of hydrogen-bond donors (Lipinski definition) is 1. The molecule has 0 radical (unpaired) electrons. The topological polar surface area (TPSA) is 97.3 Å². The van der Waals surface area contributed by atoms with E-state index in [-0.39, 0.29) is 24.8 Å². The maximum Gasteiger partial charge on any atom is 0.354 e. The summed E-state index contributed by atoms with van der Waals surface area (Å²) < 4.78 is 9.87. The molecule has 0 spiro atoms. The zero-order valence-corrected chi connectivity index (χ0v) is 15.8. The van der Waals surface area contributed by atoms with E-state index in [1.165, 1.54) is 12.1 Å². The van der Waals surface area contributed by atoms with Crippen molar-refractivity contribution in [2.75, 3.05) is 20.3 Å². The second-order valence-corrected chi connectivity index (χ2v) is 5.92. The Morgan fingerprint density at radius 3 is 2.41 bits per heavy atom. The third-order valence-electron chi connectivity index (χ3n) is 3.92. The van der Waals surface area contributed by atoms with Gasteiger partial charge in [0.2, 0.25) is 0 Å². The molecule has 0 aromatic heterocycles. The average Bonchev–Trinajstić information content (AvgIpc) is 2.86. The highest BCUT2D eigenvalue weighted by Crippen LogP contribution is 2.25. The average molecular weight is 373 g/mol. The zero-order valence-electron chi connectivity index (χ0n) is 15.8. The molecule has 1 aliphatic rings. The lowest BCUT2D eigenvalue weighted by molar-refractivity contribution is -0.141. The predicted molar refractivity (Wildman–Crippen MR) is 98.6 cm³/mol. The van der Waals surface area contributed by atoms with Gasteiger partial charge in [0.05, 0.1) is 19.3 Å². The van der Waals surface area contributed by atoms with Gasteiger partial charge in [0.25, 0.3) is 5.91 Å². The third-order valence-corrected chi connectivity index (χ3v) is 3.92. The van der Waals surface area contributed by atoms with Crippen LogP contribution in [0.4, 0.5) is 0 Å². The van der Waals surface area contributed by atoms with Gasteiger partial charge in [-0.05, 0) is 20.8 Å². The normalized spacial score (nSPS) is 19.6. The third kappa shape index (κ3) is 4.33. The summed E-state index contributed by atoms with van der Waals surface area (Å²) in [5.74, 6) is -1.85. The quantitative estimate of drug-likeness (QED) is 0.570. The minimum atomic E-state index is -1.36. The van der Waals surface area contributed by atoms with Crippen molar-refractivity contribution >= 4 is 23.6 Å². The molecule has 0 aliphatic carbocycles. The van der Waals surface area contributed by atoms with Crippen LogP contribution in [0.2, 0.25) is 0 Å². The summed E-state index contributed by atoms with van der Waals surface area (Å²) in [5.41, 5.74) is -0.398. The largest absolute Gasteiger partial charge is 0.463 e. The van der Waals surface area contributed by atoms with Crippen LogP contribution in [0.25, 0.3) is 0 Å². The number of nitrogens with zero attached hydrogens (tertiary/aromatic N) is 2. The minimum absolute atomic E-state index is 0.116. The van der Waals surface area contributed by atoms with Gasteiger partial charge in [-0.15, -0.1) is 0 Å². The molecule has 1 aromatic carbocycles. The Bertz CT molecular complexity index is 788. The first-order valence-corrected chi connectivity index (χ1v) is 8.59. The molecule has 1 aromatic rings. The number of ether oxygens (including phenoxy) is 2. The van der Waals surface area contributed by atoms with Crippen molar-refractivity contribution in [1.82, 2.24) is 10.3 Å². The second kappa shape index (κ2) is 8.48. The maximum atomic E-state index is 12.8. The predicted octanol–water partition coefficient (Wildman–Crippen LogP) is 1.22. The maximum absolute atomic E-state index is 12.8. The van der Waals surface area contributed by atoms with Gasteiger partial charge in [-0.3, -0.25) is 4.79 Å². The monoisotopic (exact) mass is 373 g/mol. The van der Waals surface area contributed by atoms with E-state index in [0.29, 0.717) is 11.3 Å². The van der Waals surface area contributed by atoms with Crippen molar-refractivity contribution < 1.29 is 23.9 Å². The first-order valence-electron chi connectivity index (χ1n) is 8.59. The lowest BCUT2D eigenvalue weighted by atomic mass is 9.90. The molecule has 1 heterocycles. The molecule has 144 valence electrons. The number of carbonyl (C=O) groups excluding carboxylic acids is 3. The summed E-state index contributed by atoms with van der Waals surface area (Å²) in [4.78, 5) is 37.0. The number of carbonyl (C=O) groups is 3. The molecule has 2 rings (SSSR count). The molecule has 1 atom stereocenters. The number of esters is 2. The van der Waals surface area contributed by atoms with Crippen LogP contribution in [0.1, 0.15) is 26.3 Å². The molecule has 0 bridgehead atoms. The van der Waals surface area contributed by atoms with Crippen LogP contribution in [0.15, 0.2) is 47.2 Å². The van der Waals surface area contributed by atoms with Crippen molar-refractivity contribution in [3.8, 4) is 0 Å². The summed E-state index contributed by atoms with van der Waals surface area (Å²) in [6.07, 6.45) is 0.987. The lowest BCUT2D eigenvalue weighted by Crippen LogP contribution is -2.55. The van der Waals surface area contributed by atoms with Gasteiger partial charge in [0.1, 0.15) is 11.4 Å². The number of hydrogen-bond acceptors (Lipinski definition) is 7. The second-order valence-electron chi connectivity index (χ2n) is 5.92. The minimum Gasteiger partial charge on any atom is -0.463 e. The van der Waals surface area contributed by atoms with Crippen molar-refractivity contribution in [3.63, 3.8) is 0 Å². The Kier molecular flexibility index (Phi) is 6.33. The molecule has 1 N–H and O–H groups in total. The molecule has 0 saturated heterocycles. The summed E-state index contributed by atoms with van der Waals surface area (Å²) in [7, 11) is 1.53. The van der Waals surface area contributed by atoms with E-state index in [1.54, 1.807) is 20.8 Å². The van der Waals surface area contributed by atoms with Crippen LogP contribution < -0.4 is 5.32 Å². The highest BCUT2D eigenvalue weighted by Gasteiger charge is 2.48. The van der Waals surface area contributed by atoms with Gasteiger partial charge in [-0.1, -0.05) is 30.3 Å². The fraction of sp³-hybridized carbons (Fsp3) is 0.368. The molecule has 1 amide bonds. The fourth-order valence-electron chi connectivity index (χ4n) is 2.70. The highest BCUT2D eigenvalue weighted by molar-refractivity contribution is 6.23. The number of likely N-dealkylation sites (N-methyl/N-ethyl adjacent to an activating group) is 1. The van der Waals surface area contributed by atoms with E-state index < -0.39 is 17.5 Å². The van der Waals surface area contributed by atoms with Crippen LogP contribution in [-0.2, 0) is 23.9 Å². The molecule has 8 heteroatoms. The molecule has 27 heavy (non-hydrogen) atoms. The Balaban J connectivity index is 2.44. The van der Waals surface area contributed by atoms with Crippen LogP contribution >= 0.6 is 0 Å². The Morgan fingerprint density at radius 1 is 1.19 bits per heavy atom. The molecular formula is C19H23N3O5. The SMILES string of the molecule is CCOC(=O)/C=C(/NC1(C)C(=O)N(C)N=C1c1ccccc1)C(=O)OCC. The van der Waals surface area contributed by atoms with E-state index in [2.05, 4.69) is 10.4 Å². The molecule has 1 unspecified atom stereocenters. The van der Waals surface area contributed by atoms with Crippen molar-refractivity contribution in [3.05, 3.63) is 47.7 Å². The Morgan fingerprint density at radius 2 is 1.81 bits per heavy atom. The molecule has 8 nitrogen and oxygen atoms in total. The smallest absolute Gasteiger partial charge is 0.354 e. The van der Waals surface area contributed by atoms with E-state index in [0.717, 1.165) is 6.08 Å². The molecule has 0 saturated carbocycles. The van der Waals surface area contributed by atoms with Crippen molar-refractivity contribution in [2.24, 2.45) is 5.10 Å². The fourth-order valence-corrected chi connectivity index (χ4v) is 2.70. The summed E-state index contributed by atoms with van der Waals surface area (Å²) in [6, 6.07) is 9.11. The van der Waals surface area contributed by atoms with Crippen molar-refractivity contribution in [2.45, 2.75) is 26.3 Å². The molecule has 0 fully saturated rings. The molecular weight excluding hydrogens is 350 g/mol. The van der Waals surface area contributed by atoms with Gasteiger partial charge in [0.15, 0.2) is 5.54 Å². The molecule has 1 aliphatic heterocycles. The number of benzene rings is 1. The summed E-state index contributed by atoms with van der Waals surface area (Å²) in [6.45, 7) is 5.17. The number of rotatable bonds is 7. The standard InChI is InChI=1S/C19H23N3O5/c1-5-26-15(23)12-14(17(24)27-6-2)20-19(3)16(21-22(4)18(19)25)13-10-8-7-9-11-13/h7-12,20H,5-6H2,1-4H3/b14-12+. The number of nitrogens with one attached hydrogen (secondary N) is 1. The van der Waals surface area contributed by atoms with Gasteiger partial charge in [0, 0.05) is 12.6 Å². The first-order chi connectivity index (χ1) is 12.8. The van der Waals surface area contributed by atoms with Crippen molar-refractivity contribution in [1.29, 1.82) is 0 Å². The summed E-state index contributed by atoms with van der Waals surface area (Å²) >= 11 is 0. The highest BCUT2D eigenvalue weighted by atomic mass is 16.5. The van der Waals surface area contributed by atoms with E-state index in [1.807, 2.05) is 30.3 Å². The van der Waals surface area contributed by atoms with E-state index in [9.17, 15) is 14.4 Å². The van der Waals surface area contributed by atoms with Gasteiger partial charge < -0.3 is 14.8 Å². The Hall–Kier alpha value is -3.16. The van der Waals surface area contributed by atoms with E-state index in [4.69, 9.17) is 9.47 Å². The number of amides is 1. The van der Waals surface area contributed by atoms with Crippen LogP contribution in [0, 0.1) is 0 Å². The van der Waals surface area contributed by atoms with Gasteiger partial charge >= 0.3 is 11.9 Å². The number of hydrazone groups is 1. The first kappa shape index (κ1) is 20.2. The van der Waals surface area contributed by atoms with Crippen LogP contribution in [-0.4, -0.2) is 54.4 Å². The van der Waals surface area contributed by atoms with Crippen LogP contribution in [0.3, 0.4) is 0 Å². The Labute approximate surface area is 157 Å². The van der Waals surface area contributed by atoms with E-state index >= 15 is 0 Å². The van der Waals surface area contributed by atoms with Gasteiger partial charge in [-0.25, -0.2) is 14.6 Å². The summed E-state index contributed by atoms with van der Waals surface area (Å²) in [5, 5.41) is 8.36. The lowest BCUT2D eigenvalue weighted by Gasteiger charge is -2.27.